The van der Waals surface area contributed by atoms with Crippen LogP contribution in [0.15, 0.2) is 30.3 Å². The van der Waals surface area contributed by atoms with Crippen molar-refractivity contribution >= 4 is 17.8 Å². The zero-order valence-corrected chi connectivity index (χ0v) is 15.6. The van der Waals surface area contributed by atoms with E-state index in [-0.39, 0.29) is 12.2 Å². The van der Waals surface area contributed by atoms with Crippen molar-refractivity contribution in [2.45, 2.75) is 70.6 Å². The predicted molar refractivity (Wildman–Crippen MR) is 96.7 cm³/mol. The normalized spacial score (nSPS) is 18.7. The number of carbonyl (C=O) groups excluding carboxylic acids is 3. The second-order valence-electron chi connectivity index (χ2n) is 7.53. The fraction of sp³-hybridized carbons (Fsp3) is 0.550. The van der Waals surface area contributed by atoms with Crippen LogP contribution in [0.3, 0.4) is 0 Å². The van der Waals surface area contributed by atoms with Crippen LogP contribution in [0.2, 0.25) is 0 Å². The van der Waals surface area contributed by atoms with Crippen LogP contribution in [0.4, 0.5) is 4.79 Å². The van der Waals surface area contributed by atoms with Crippen molar-refractivity contribution in [1.82, 2.24) is 5.32 Å². The van der Waals surface area contributed by atoms with Gasteiger partial charge in [-0.15, -0.1) is 0 Å². The average Bonchev–Trinajstić information content (AvgIpc) is 2.55. The summed E-state index contributed by atoms with van der Waals surface area (Å²) in [5, 5.41) is 2.58. The van der Waals surface area contributed by atoms with Crippen LogP contribution in [0.25, 0.3) is 0 Å². The number of benzene rings is 1. The summed E-state index contributed by atoms with van der Waals surface area (Å²) >= 11 is 0. The van der Waals surface area contributed by atoms with Gasteiger partial charge in [0.25, 0.3) is 0 Å². The molecular weight excluding hydrogens is 334 g/mol. The molecule has 0 saturated heterocycles. The molecule has 1 aromatic rings. The Hall–Kier alpha value is -2.37. The van der Waals surface area contributed by atoms with E-state index in [4.69, 9.17) is 9.47 Å². The van der Waals surface area contributed by atoms with E-state index in [2.05, 4.69) is 5.32 Å². The zero-order valence-electron chi connectivity index (χ0n) is 15.6. The summed E-state index contributed by atoms with van der Waals surface area (Å²) in [5.41, 5.74) is 0.199. The van der Waals surface area contributed by atoms with E-state index in [1.54, 1.807) is 20.8 Å². The van der Waals surface area contributed by atoms with Crippen LogP contribution < -0.4 is 5.32 Å². The molecule has 1 saturated carbocycles. The molecule has 1 N–H and O–H groups in total. The van der Waals surface area contributed by atoms with E-state index in [0.717, 1.165) is 18.4 Å². The Bertz CT molecular complexity index is 635. The molecule has 6 heteroatoms. The van der Waals surface area contributed by atoms with E-state index >= 15 is 0 Å². The molecule has 2 rings (SSSR count). The smallest absolute Gasteiger partial charge is 0.408 e. The third-order valence-corrected chi connectivity index (χ3v) is 4.02. The highest BCUT2D eigenvalue weighted by Crippen LogP contribution is 2.18. The van der Waals surface area contributed by atoms with E-state index in [9.17, 15) is 14.4 Å². The standard InChI is InChI=1S/C20H27NO5/c1-20(2,3)26-19(24)21-15(13-14-9-5-4-6-10-14)18(23)25-17-12-8-7-11-16(17)22/h4-6,9-10,15,17H,7-8,11-13H2,1-3H3,(H,21,24)/t15-,17+/m0/s1. The zero-order chi connectivity index (χ0) is 19.2. The van der Waals surface area contributed by atoms with Gasteiger partial charge in [-0.05, 0) is 45.6 Å². The van der Waals surface area contributed by atoms with Gasteiger partial charge in [-0.1, -0.05) is 30.3 Å². The van der Waals surface area contributed by atoms with Crippen molar-refractivity contribution in [2.24, 2.45) is 0 Å². The van der Waals surface area contributed by atoms with Crippen molar-refractivity contribution in [3.8, 4) is 0 Å². The summed E-state index contributed by atoms with van der Waals surface area (Å²) < 4.78 is 10.7. The lowest BCUT2D eigenvalue weighted by Gasteiger charge is -2.25. The number of rotatable bonds is 5. The number of alkyl carbamates (subject to hydrolysis) is 1. The molecule has 0 unspecified atom stereocenters. The molecule has 6 nitrogen and oxygen atoms in total. The lowest BCUT2D eigenvalue weighted by atomic mass is 9.96. The van der Waals surface area contributed by atoms with Gasteiger partial charge in [-0.3, -0.25) is 4.79 Å². The number of esters is 1. The number of amides is 1. The van der Waals surface area contributed by atoms with Crippen molar-refractivity contribution < 1.29 is 23.9 Å². The van der Waals surface area contributed by atoms with Gasteiger partial charge in [0.2, 0.25) is 0 Å². The first kappa shape index (κ1) is 19.9. The second-order valence-corrected chi connectivity index (χ2v) is 7.53. The van der Waals surface area contributed by atoms with Crippen molar-refractivity contribution in [2.75, 3.05) is 0 Å². The molecule has 2 atom stereocenters. The monoisotopic (exact) mass is 361 g/mol. The van der Waals surface area contributed by atoms with Gasteiger partial charge in [0.15, 0.2) is 11.9 Å². The maximum atomic E-state index is 12.6. The summed E-state index contributed by atoms with van der Waals surface area (Å²) in [6, 6.07) is 8.40. The molecule has 0 aliphatic heterocycles. The summed E-state index contributed by atoms with van der Waals surface area (Å²) in [4.78, 5) is 36.7. The Morgan fingerprint density at radius 2 is 1.88 bits per heavy atom. The van der Waals surface area contributed by atoms with E-state index in [1.165, 1.54) is 0 Å². The van der Waals surface area contributed by atoms with Gasteiger partial charge in [-0.2, -0.15) is 0 Å². The lowest BCUT2D eigenvalue weighted by molar-refractivity contribution is -0.158. The maximum absolute atomic E-state index is 12.6. The Kier molecular flexibility index (Phi) is 6.77. The Labute approximate surface area is 154 Å². The molecule has 0 spiro atoms. The molecule has 0 bridgehead atoms. The predicted octanol–water partition coefficient (Wildman–Crippen LogP) is 3.18. The Morgan fingerprint density at radius 1 is 1.19 bits per heavy atom. The highest BCUT2D eigenvalue weighted by Gasteiger charge is 2.31. The second kappa shape index (κ2) is 8.83. The third kappa shape index (κ3) is 6.50. The molecule has 1 fully saturated rings. The topological polar surface area (TPSA) is 81.7 Å². The van der Waals surface area contributed by atoms with Crippen LogP contribution in [0.1, 0.15) is 52.0 Å². The van der Waals surface area contributed by atoms with Gasteiger partial charge in [0.1, 0.15) is 11.6 Å². The minimum absolute atomic E-state index is 0.0553. The minimum atomic E-state index is -0.915. The number of hydrogen-bond donors (Lipinski definition) is 1. The average molecular weight is 361 g/mol. The van der Waals surface area contributed by atoms with Crippen LogP contribution >= 0.6 is 0 Å². The molecule has 142 valence electrons. The number of ether oxygens (including phenoxy) is 2. The first-order chi connectivity index (χ1) is 12.2. The van der Waals surface area contributed by atoms with Gasteiger partial charge in [0, 0.05) is 12.8 Å². The molecule has 0 radical (unpaired) electrons. The van der Waals surface area contributed by atoms with Gasteiger partial charge >= 0.3 is 12.1 Å². The first-order valence-corrected chi connectivity index (χ1v) is 9.01. The van der Waals surface area contributed by atoms with E-state index in [0.29, 0.717) is 12.8 Å². The highest BCUT2D eigenvalue weighted by atomic mass is 16.6. The largest absolute Gasteiger partial charge is 0.453 e. The van der Waals surface area contributed by atoms with Crippen LogP contribution in [-0.2, 0) is 25.5 Å². The Balaban J connectivity index is 2.06. The fourth-order valence-electron chi connectivity index (χ4n) is 2.79. The van der Waals surface area contributed by atoms with Crippen molar-refractivity contribution in [3.05, 3.63) is 35.9 Å². The van der Waals surface area contributed by atoms with Gasteiger partial charge in [-0.25, -0.2) is 9.59 Å². The number of Topliss-reactive ketones (excluding diaryl/α,β-unsaturated/α-hetero) is 1. The van der Waals surface area contributed by atoms with Gasteiger partial charge in [0.05, 0.1) is 0 Å². The molecule has 1 aromatic carbocycles. The molecule has 1 amide bonds. The van der Waals surface area contributed by atoms with Gasteiger partial charge < -0.3 is 14.8 Å². The van der Waals surface area contributed by atoms with Crippen LogP contribution in [-0.4, -0.2) is 35.6 Å². The molecule has 0 heterocycles. The minimum Gasteiger partial charge on any atom is -0.453 e. The number of hydrogen-bond acceptors (Lipinski definition) is 5. The third-order valence-electron chi connectivity index (χ3n) is 4.02. The molecule has 0 aromatic heterocycles. The molecule has 1 aliphatic rings. The molecule has 26 heavy (non-hydrogen) atoms. The fourth-order valence-corrected chi connectivity index (χ4v) is 2.79. The molecular formula is C20H27NO5. The van der Waals surface area contributed by atoms with Crippen LogP contribution in [0.5, 0.6) is 0 Å². The summed E-state index contributed by atoms with van der Waals surface area (Å²) in [6.07, 6.45) is 1.51. The number of ketones is 1. The van der Waals surface area contributed by atoms with Crippen molar-refractivity contribution in [1.29, 1.82) is 0 Å². The quantitative estimate of drug-likeness (QED) is 0.815. The highest BCUT2D eigenvalue weighted by molar-refractivity contribution is 5.88. The van der Waals surface area contributed by atoms with Crippen LogP contribution in [0, 0.1) is 0 Å². The van der Waals surface area contributed by atoms with E-state index < -0.39 is 29.8 Å². The summed E-state index contributed by atoms with van der Waals surface area (Å²) in [6.45, 7) is 5.24. The SMILES string of the molecule is CC(C)(C)OC(=O)N[C@@H](Cc1ccccc1)C(=O)O[C@@H]1CCCCC1=O. The lowest BCUT2D eigenvalue weighted by Crippen LogP contribution is -2.47. The molecule has 1 aliphatic carbocycles. The van der Waals surface area contributed by atoms with Crippen molar-refractivity contribution in [3.63, 3.8) is 0 Å². The summed E-state index contributed by atoms with van der Waals surface area (Å²) in [5.74, 6) is -0.666. The number of carbonyl (C=O) groups is 3. The summed E-state index contributed by atoms with van der Waals surface area (Å²) in [7, 11) is 0. The first-order valence-electron chi connectivity index (χ1n) is 9.01. The maximum Gasteiger partial charge on any atom is 0.408 e. The Morgan fingerprint density at radius 3 is 2.50 bits per heavy atom. The van der Waals surface area contributed by atoms with E-state index in [1.807, 2.05) is 30.3 Å². The number of nitrogens with one attached hydrogen (secondary N) is 1.